The van der Waals surface area contributed by atoms with Crippen LogP contribution in [0.1, 0.15) is 58.3 Å². The van der Waals surface area contributed by atoms with E-state index >= 15 is 0 Å². The van der Waals surface area contributed by atoms with Gasteiger partial charge in [-0.1, -0.05) is 31.2 Å². The Balaban J connectivity index is 2.50. The number of hydrogen-bond acceptors (Lipinski definition) is 5. The Morgan fingerprint density at radius 3 is 2.65 bits per heavy atom. The van der Waals surface area contributed by atoms with Gasteiger partial charge in [-0.25, -0.2) is 0 Å². The van der Waals surface area contributed by atoms with Crippen molar-refractivity contribution in [2.75, 3.05) is 0 Å². The molecular weight excluding hydrogens is 336 g/mol. The lowest BCUT2D eigenvalue weighted by Crippen LogP contribution is -2.19. The van der Waals surface area contributed by atoms with Gasteiger partial charge in [0.15, 0.2) is 0 Å². The van der Waals surface area contributed by atoms with Gasteiger partial charge in [0.25, 0.3) is 0 Å². The molecule has 0 aliphatic heterocycles. The van der Waals surface area contributed by atoms with E-state index < -0.39 is 24.3 Å². The summed E-state index contributed by atoms with van der Waals surface area (Å²) in [6.07, 6.45) is 8.78. The standard InChI is InChI=1S/C20H32O6/c1-2-14(21)9-10-15(22)11-12-17-16(18(23)13-19(17)24)7-5-3-4-6-8-20(25)26/h3,5,11-12,14-17,19,21-22,24H,2,4,6-10,13H2,1H3,(H,25,26). The summed E-state index contributed by atoms with van der Waals surface area (Å²) < 4.78 is 0. The van der Waals surface area contributed by atoms with Gasteiger partial charge in [-0.3, -0.25) is 9.59 Å². The van der Waals surface area contributed by atoms with E-state index in [0.29, 0.717) is 38.5 Å². The Labute approximate surface area is 155 Å². The van der Waals surface area contributed by atoms with Crippen LogP contribution >= 0.6 is 0 Å². The largest absolute Gasteiger partial charge is 0.481 e. The van der Waals surface area contributed by atoms with Crippen LogP contribution in [0.5, 0.6) is 0 Å². The van der Waals surface area contributed by atoms with E-state index in [2.05, 4.69) is 0 Å². The van der Waals surface area contributed by atoms with Gasteiger partial charge in [-0.2, -0.15) is 0 Å². The topological polar surface area (TPSA) is 115 Å². The number of aliphatic hydroxyl groups is 3. The van der Waals surface area contributed by atoms with Crippen LogP contribution in [-0.4, -0.2) is 50.5 Å². The number of ketones is 1. The second kappa shape index (κ2) is 12.0. The number of carbonyl (C=O) groups is 2. The minimum absolute atomic E-state index is 0.0123. The van der Waals surface area contributed by atoms with Crippen molar-refractivity contribution in [2.45, 2.75) is 76.6 Å². The normalized spacial score (nSPS) is 26.0. The lowest BCUT2D eigenvalue weighted by Gasteiger charge is -2.17. The van der Waals surface area contributed by atoms with E-state index in [1.165, 1.54) is 0 Å². The monoisotopic (exact) mass is 368 g/mol. The molecule has 0 amide bonds. The highest BCUT2D eigenvalue weighted by molar-refractivity contribution is 5.84. The summed E-state index contributed by atoms with van der Waals surface area (Å²) in [6, 6.07) is 0. The second-order valence-corrected chi connectivity index (χ2v) is 7.01. The Hall–Kier alpha value is -1.50. The lowest BCUT2D eigenvalue weighted by atomic mass is 9.90. The number of hydrogen-bond donors (Lipinski definition) is 4. The number of allylic oxidation sites excluding steroid dienone is 2. The van der Waals surface area contributed by atoms with E-state index in [1.807, 2.05) is 19.1 Å². The first kappa shape index (κ1) is 22.5. The zero-order valence-corrected chi connectivity index (χ0v) is 15.5. The van der Waals surface area contributed by atoms with Gasteiger partial charge in [-0.05, 0) is 38.5 Å². The smallest absolute Gasteiger partial charge is 0.303 e. The number of carbonyl (C=O) groups excluding carboxylic acids is 1. The van der Waals surface area contributed by atoms with Gasteiger partial charge < -0.3 is 20.4 Å². The summed E-state index contributed by atoms with van der Waals surface area (Å²) in [5.74, 6) is -1.44. The first-order valence-electron chi connectivity index (χ1n) is 9.47. The molecule has 1 aliphatic carbocycles. The lowest BCUT2D eigenvalue weighted by molar-refractivity contribution is -0.137. The van der Waals surface area contributed by atoms with Gasteiger partial charge in [0.2, 0.25) is 0 Å². The van der Waals surface area contributed by atoms with Crippen molar-refractivity contribution in [3.8, 4) is 0 Å². The predicted octanol–water partition coefficient (Wildman–Crippen LogP) is 2.22. The molecule has 26 heavy (non-hydrogen) atoms. The van der Waals surface area contributed by atoms with E-state index in [1.54, 1.807) is 12.2 Å². The van der Waals surface area contributed by atoms with Crippen LogP contribution in [0.4, 0.5) is 0 Å². The maximum atomic E-state index is 12.1. The fourth-order valence-electron chi connectivity index (χ4n) is 3.18. The first-order chi connectivity index (χ1) is 12.3. The molecule has 0 aromatic rings. The summed E-state index contributed by atoms with van der Waals surface area (Å²) in [4.78, 5) is 22.6. The molecule has 6 heteroatoms. The first-order valence-corrected chi connectivity index (χ1v) is 9.47. The van der Waals surface area contributed by atoms with Crippen molar-refractivity contribution < 1.29 is 30.0 Å². The average Bonchev–Trinajstić information content (AvgIpc) is 2.86. The van der Waals surface area contributed by atoms with E-state index in [-0.39, 0.29) is 30.5 Å². The molecule has 1 fully saturated rings. The molecule has 5 atom stereocenters. The average molecular weight is 368 g/mol. The molecule has 0 aromatic heterocycles. The fourth-order valence-corrected chi connectivity index (χ4v) is 3.18. The van der Waals surface area contributed by atoms with Crippen molar-refractivity contribution in [2.24, 2.45) is 11.8 Å². The number of carboxylic acid groups (broad SMARTS) is 1. The van der Waals surface area contributed by atoms with Gasteiger partial charge >= 0.3 is 5.97 Å². The highest BCUT2D eigenvalue weighted by Gasteiger charge is 2.39. The van der Waals surface area contributed by atoms with Crippen LogP contribution in [0.2, 0.25) is 0 Å². The molecule has 148 valence electrons. The van der Waals surface area contributed by atoms with Crippen molar-refractivity contribution in [1.29, 1.82) is 0 Å². The number of Topliss-reactive ketones (excluding diaryl/α,β-unsaturated/α-hetero) is 1. The highest BCUT2D eigenvalue weighted by atomic mass is 16.4. The maximum Gasteiger partial charge on any atom is 0.303 e. The van der Waals surface area contributed by atoms with Gasteiger partial charge in [0.1, 0.15) is 5.78 Å². The fraction of sp³-hybridized carbons (Fsp3) is 0.700. The van der Waals surface area contributed by atoms with E-state index in [9.17, 15) is 24.9 Å². The number of rotatable bonds is 12. The molecule has 6 nitrogen and oxygen atoms in total. The van der Waals surface area contributed by atoms with Gasteiger partial charge in [-0.15, -0.1) is 0 Å². The van der Waals surface area contributed by atoms with E-state index in [4.69, 9.17) is 5.11 Å². The molecule has 0 heterocycles. The van der Waals surface area contributed by atoms with Gasteiger partial charge in [0, 0.05) is 24.7 Å². The maximum absolute atomic E-state index is 12.1. The predicted molar refractivity (Wildman–Crippen MR) is 98.5 cm³/mol. The van der Waals surface area contributed by atoms with Crippen molar-refractivity contribution >= 4 is 11.8 Å². The minimum atomic E-state index is -0.817. The quantitative estimate of drug-likeness (QED) is 0.310. The Morgan fingerprint density at radius 1 is 1.27 bits per heavy atom. The molecule has 0 bridgehead atoms. The number of aliphatic carboxylic acids is 1. The molecule has 1 rings (SSSR count). The third-order valence-corrected chi connectivity index (χ3v) is 4.87. The zero-order valence-electron chi connectivity index (χ0n) is 15.5. The SMILES string of the molecule is CCC(O)CCC(O)C=CC1C(O)CC(=O)C1CC=CCCCC(=O)O. The molecule has 0 radical (unpaired) electrons. The minimum Gasteiger partial charge on any atom is -0.481 e. The zero-order chi connectivity index (χ0) is 19.5. The van der Waals surface area contributed by atoms with Crippen molar-refractivity contribution in [3.05, 3.63) is 24.3 Å². The second-order valence-electron chi connectivity index (χ2n) is 7.01. The summed E-state index contributed by atoms with van der Waals surface area (Å²) in [7, 11) is 0. The Kier molecular flexibility index (Phi) is 10.4. The van der Waals surface area contributed by atoms with Crippen molar-refractivity contribution in [1.82, 2.24) is 0 Å². The summed E-state index contributed by atoms with van der Waals surface area (Å²) in [6.45, 7) is 1.88. The number of carboxylic acids is 1. The number of aliphatic hydroxyl groups excluding tert-OH is 3. The third kappa shape index (κ3) is 8.25. The van der Waals surface area contributed by atoms with E-state index in [0.717, 1.165) is 0 Å². The van der Waals surface area contributed by atoms with Crippen LogP contribution in [0, 0.1) is 11.8 Å². The summed E-state index contributed by atoms with van der Waals surface area (Å²) >= 11 is 0. The molecule has 0 spiro atoms. The molecule has 0 aromatic carbocycles. The molecule has 4 N–H and O–H groups in total. The Bertz CT molecular complexity index is 499. The third-order valence-electron chi connectivity index (χ3n) is 4.87. The van der Waals surface area contributed by atoms with Crippen LogP contribution in [0.15, 0.2) is 24.3 Å². The van der Waals surface area contributed by atoms with Crippen LogP contribution < -0.4 is 0 Å². The molecule has 0 saturated heterocycles. The van der Waals surface area contributed by atoms with Gasteiger partial charge in [0.05, 0.1) is 18.3 Å². The summed E-state index contributed by atoms with van der Waals surface area (Å²) in [5.41, 5.74) is 0. The molecular formula is C20H32O6. The van der Waals surface area contributed by atoms with Crippen molar-refractivity contribution in [3.63, 3.8) is 0 Å². The summed E-state index contributed by atoms with van der Waals surface area (Å²) in [5, 5.41) is 38.2. The highest BCUT2D eigenvalue weighted by Crippen LogP contribution is 2.33. The van der Waals surface area contributed by atoms with Crippen LogP contribution in [0.3, 0.4) is 0 Å². The molecule has 1 saturated carbocycles. The number of unbranched alkanes of at least 4 members (excludes halogenated alkanes) is 1. The van der Waals surface area contributed by atoms with Crippen LogP contribution in [0.25, 0.3) is 0 Å². The Morgan fingerprint density at radius 2 is 2.00 bits per heavy atom. The molecule has 5 unspecified atom stereocenters. The van der Waals surface area contributed by atoms with Crippen LogP contribution in [-0.2, 0) is 9.59 Å². The molecule has 1 aliphatic rings.